The molecule has 78 valence electrons. The number of benzene rings is 1. The summed E-state index contributed by atoms with van der Waals surface area (Å²) in [6.45, 7) is 4.65. The van der Waals surface area contributed by atoms with E-state index in [2.05, 4.69) is 4.98 Å². The first-order valence-corrected chi connectivity index (χ1v) is 5.23. The van der Waals surface area contributed by atoms with Gasteiger partial charge in [-0.05, 0) is 25.5 Å². The van der Waals surface area contributed by atoms with Gasteiger partial charge in [0.1, 0.15) is 15.9 Å². The van der Waals surface area contributed by atoms with E-state index in [0.717, 1.165) is 22.1 Å². The Balaban J connectivity index is 2.92. The van der Waals surface area contributed by atoms with E-state index >= 15 is 0 Å². The number of fused-ring (bicyclic) bond motifs is 1. The van der Waals surface area contributed by atoms with Crippen LogP contribution in [-0.4, -0.2) is 14.7 Å². The van der Waals surface area contributed by atoms with Gasteiger partial charge in [0.05, 0.1) is 6.33 Å². The molecule has 1 aromatic heterocycles. The summed E-state index contributed by atoms with van der Waals surface area (Å²) in [6.07, 6.45) is 1.67. The van der Waals surface area contributed by atoms with Crippen LogP contribution in [0.15, 0.2) is 18.5 Å². The maximum absolute atomic E-state index is 9.83. The highest BCUT2D eigenvalue weighted by molar-refractivity contribution is 7.71. The third-order valence-corrected chi connectivity index (χ3v) is 2.97. The van der Waals surface area contributed by atoms with Crippen molar-refractivity contribution >= 4 is 23.1 Å². The predicted molar refractivity (Wildman–Crippen MR) is 62.6 cm³/mol. The van der Waals surface area contributed by atoms with Gasteiger partial charge in [-0.25, -0.2) is 4.98 Å². The number of phenolic OH excluding ortho intramolecular Hbond substituents is 1. The SMILES string of the molecule is CCn1cnc2c(O)c(C)ccc2c1=S. The van der Waals surface area contributed by atoms with E-state index in [4.69, 9.17) is 12.2 Å². The maximum atomic E-state index is 9.83. The molecule has 2 rings (SSSR count). The summed E-state index contributed by atoms with van der Waals surface area (Å²) in [4.78, 5) is 4.22. The largest absolute Gasteiger partial charge is 0.505 e. The highest BCUT2D eigenvalue weighted by Crippen LogP contribution is 2.26. The Labute approximate surface area is 93.0 Å². The van der Waals surface area contributed by atoms with Crippen molar-refractivity contribution < 1.29 is 5.11 Å². The molecule has 4 heteroatoms. The fraction of sp³-hybridized carbons (Fsp3) is 0.273. The summed E-state index contributed by atoms with van der Waals surface area (Å²) in [7, 11) is 0. The second kappa shape index (κ2) is 3.62. The number of phenols is 1. The summed E-state index contributed by atoms with van der Waals surface area (Å²) >= 11 is 5.31. The fourth-order valence-corrected chi connectivity index (χ4v) is 1.88. The molecular weight excluding hydrogens is 208 g/mol. The molecular formula is C11H12N2OS. The van der Waals surface area contributed by atoms with Crippen LogP contribution in [0.1, 0.15) is 12.5 Å². The van der Waals surface area contributed by atoms with Crippen molar-refractivity contribution in [2.75, 3.05) is 0 Å². The molecule has 0 saturated heterocycles. The molecule has 0 aliphatic heterocycles. The Morgan fingerprint density at radius 2 is 2.20 bits per heavy atom. The zero-order chi connectivity index (χ0) is 11.0. The summed E-state index contributed by atoms with van der Waals surface area (Å²) in [5, 5.41) is 10.7. The molecule has 0 saturated carbocycles. The Hall–Kier alpha value is -1.42. The molecule has 0 unspecified atom stereocenters. The molecule has 0 fully saturated rings. The number of nitrogens with zero attached hydrogens (tertiary/aromatic N) is 2. The lowest BCUT2D eigenvalue weighted by Crippen LogP contribution is -1.99. The van der Waals surface area contributed by atoms with Gasteiger partial charge < -0.3 is 9.67 Å². The number of aromatic nitrogens is 2. The second-order valence-electron chi connectivity index (χ2n) is 3.46. The minimum atomic E-state index is 0.224. The van der Waals surface area contributed by atoms with E-state index < -0.39 is 0 Å². The minimum absolute atomic E-state index is 0.224. The van der Waals surface area contributed by atoms with Gasteiger partial charge >= 0.3 is 0 Å². The van der Waals surface area contributed by atoms with Crippen molar-refractivity contribution in [2.24, 2.45) is 0 Å². The fourth-order valence-electron chi connectivity index (χ4n) is 1.54. The molecule has 0 bridgehead atoms. The molecule has 1 N–H and O–H groups in total. The third-order valence-electron chi connectivity index (χ3n) is 2.51. The first kappa shape index (κ1) is 10.1. The Morgan fingerprint density at radius 1 is 1.47 bits per heavy atom. The van der Waals surface area contributed by atoms with Crippen molar-refractivity contribution in [1.82, 2.24) is 9.55 Å². The normalized spacial score (nSPS) is 10.8. The van der Waals surface area contributed by atoms with E-state index in [1.807, 2.05) is 30.5 Å². The first-order chi connectivity index (χ1) is 7.15. The van der Waals surface area contributed by atoms with E-state index in [9.17, 15) is 5.11 Å². The van der Waals surface area contributed by atoms with Crippen molar-refractivity contribution in [2.45, 2.75) is 20.4 Å². The number of aryl methyl sites for hydroxylation is 2. The molecule has 3 nitrogen and oxygen atoms in total. The summed E-state index contributed by atoms with van der Waals surface area (Å²) in [5.41, 5.74) is 1.41. The number of rotatable bonds is 1. The highest BCUT2D eigenvalue weighted by Gasteiger charge is 2.06. The second-order valence-corrected chi connectivity index (χ2v) is 3.85. The average molecular weight is 220 g/mol. The monoisotopic (exact) mass is 220 g/mol. The highest BCUT2D eigenvalue weighted by atomic mass is 32.1. The number of hydrogen-bond donors (Lipinski definition) is 1. The maximum Gasteiger partial charge on any atom is 0.144 e. The van der Waals surface area contributed by atoms with Crippen LogP contribution in [0, 0.1) is 11.6 Å². The molecule has 1 aromatic carbocycles. The first-order valence-electron chi connectivity index (χ1n) is 4.83. The quantitative estimate of drug-likeness (QED) is 0.751. The minimum Gasteiger partial charge on any atom is -0.505 e. The van der Waals surface area contributed by atoms with Crippen molar-refractivity contribution in [3.8, 4) is 5.75 Å². The van der Waals surface area contributed by atoms with E-state index in [0.29, 0.717) is 5.52 Å². The van der Waals surface area contributed by atoms with E-state index in [1.54, 1.807) is 6.33 Å². The number of aromatic hydroxyl groups is 1. The van der Waals surface area contributed by atoms with Crippen LogP contribution in [-0.2, 0) is 6.54 Å². The Kier molecular flexibility index (Phi) is 2.44. The molecule has 0 atom stereocenters. The van der Waals surface area contributed by atoms with Crippen molar-refractivity contribution in [1.29, 1.82) is 0 Å². The average Bonchev–Trinajstić information content (AvgIpc) is 2.24. The van der Waals surface area contributed by atoms with E-state index in [1.165, 1.54) is 0 Å². The standard InChI is InChI=1S/C11H12N2OS/c1-3-13-6-12-9-8(11(13)15)5-4-7(2)10(9)14/h4-6,14H,3H2,1-2H3. The predicted octanol–water partition coefficient (Wildman–Crippen LogP) is 2.80. The van der Waals surface area contributed by atoms with Crippen LogP contribution in [0.25, 0.3) is 10.9 Å². The van der Waals surface area contributed by atoms with Crippen LogP contribution in [0.4, 0.5) is 0 Å². The van der Waals surface area contributed by atoms with Crippen LogP contribution in [0.3, 0.4) is 0 Å². The third kappa shape index (κ3) is 1.51. The van der Waals surface area contributed by atoms with Crippen LogP contribution in [0.5, 0.6) is 5.75 Å². The molecule has 1 heterocycles. The van der Waals surface area contributed by atoms with Gasteiger partial charge in [-0.2, -0.15) is 0 Å². The van der Waals surface area contributed by atoms with Gasteiger partial charge in [-0.1, -0.05) is 18.3 Å². The molecule has 15 heavy (non-hydrogen) atoms. The molecule has 0 spiro atoms. The van der Waals surface area contributed by atoms with Gasteiger partial charge in [0, 0.05) is 11.9 Å². The lowest BCUT2D eigenvalue weighted by molar-refractivity contribution is 0.476. The lowest BCUT2D eigenvalue weighted by Gasteiger charge is -2.07. The molecule has 0 amide bonds. The van der Waals surface area contributed by atoms with Crippen LogP contribution < -0.4 is 0 Å². The van der Waals surface area contributed by atoms with Crippen LogP contribution >= 0.6 is 12.2 Å². The van der Waals surface area contributed by atoms with Gasteiger partial charge in [-0.15, -0.1) is 0 Å². The van der Waals surface area contributed by atoms with E-state index in [-0.39, 0.29) is 5.75 Å². The molecule has 2 aromatic rings. The topological polar surface area (TPSA) is 38.0 Å². The zero-order valence-corrected chi connectivity index (χ0v) is 9.51. The molecule has 0 aliphatic rings. The Bertz CT molecular complexity index is 575. The molecule has 0 aliphatic carbocycles. The van der Waals surface area contributed by atoms with Gasteiger partial charge in [0.15, 0.2) is 0 Å². The van der Waals surface area contributed by atoms with Gasteiger partial charge in [-0.3, -0.25) is 0 Å². The van der Waals surface area contributed by atoms with Crippen LogP contribution in [0.2, 0.25) is 0 Å². The van der Waals surface area contributed by atoms with Crippen molar-refractivity contribution in [3.63, 3.8) is 0 Å². The van der Waals surface area contributed by atoms with Gasteiger partial charge in [0.25, 0.3) is 0 Å². The smallest absolute Gasteiger partial charge is 0.144 e. The zero-order valence-electron chi connectivity index (χ0n) is 8.69. The summed E-state index contributed by atoms with van der Waals surface area (Å²) in [6, 6.07) is 3.76. The molecule has 0 radical (unpaired) electrons. The Morgan fingerprint density at radius 3 is 2.87 bits per heavy atom. The van der Waals surface area contributed by atoms with Crippen molar-refractivity contribution in [3.05, 3.63) is 28.7 Å². The van der Waals surface area contributed by atoms with Gasteiger partial charge in [0.2, 0.25) is 0 Å². The summed E-state index contributed by atoms with van der Waals surface area (Å²) < 4.78 is 2.60. The number of hydrogen-bond acceptors (Lipinski definition) is 3. The lowest BCUT2D eigenvalue weighted by atomic mass is 10.1. The summed E-state index contributed by atoms with van der Waals surface area (Å²) in [5.74, 6) is 0.224.